The van der Waals surface area contributed by atoms with E-state index in [0.29, 0.717) is 25.4 Å². The van der Waals surface area contributed by atoms with E-state index in [1.807, 2.05) is 6.92 Å². The first-order valence-electron chi connectivity index (χ1n) is 12.6. The molecule has 0 spiro atoms. The van der Waals surface area contributed by atoms with Gasteiger partial charge in [0.1, 0.15) is 0 Å². The van der Waals surface area contributed by atoms with Crippen molar-refractivity contribution in [3.63, 3.8) is 0 Å². The molecule has 2 saturated heterocycles. The molecule has 0 N–H and O–H groups in total. The SMILES string of the molecule is CC(C)(C)C(C)(C(=O)OC1(OC2CCCO2)CC2CCC2(OC2CCCO2)C1)C(C)(C)C. The Labute approximate surface area is 194 Å². The van der Waals surface area contributed by atoms with Crippen LogP contribution in [0, 0.1) is 22.2 Å². The first kappa shape index (κ1) is 24.4. The Kier molecular flexibility index (Phi) is 6.27. The summed E-state index contributed by atoms with van der Waals surface area (Å²) in [7, 11) is 0. The Hall–Kier alpha value is -0.690. The maximum Gasteiger partial charge on any atom is 0.315 e. The fourth-order valence-corrected chi connectivity index (χ4v) is 6.27. The zero-order chi connectivity index (χ0) is 23.4. The first-order chi connectivity index (χ1) is 14.8. The molecular weight excluding hydrogens is 408 g/mol. The van der Waals surface area contributed by atoms with Crippen LogP contribution in [0.25, 0.3) is 0 Å². The van der Waals surface area contributed by atoms with Crippen LogP contribution in [0.15, 0.2) is 0 Å². The van der Waals surface area contributed by atoms with Crippen molar-refractivity contribution in [1.82, 2.24) is 0 Å². The quantitative estimate of drug-likeness (QED) is 0.388. The third kappa shape index (κ3) is 4.14. The topological polar surface area (TPSA) is 63.2 Å². The maximum absolute atomic E-state index is 14.0. The van der Waals surface area contributed by atoms with E-state index >= 15 is 0 Å². The van der Waals surface area contributed by atoms with Gasteiger partial charge < -0.3 is 23.7 Å². The zero-order valence-corrected chi connectivity index (χ0v) is 21.3. The standard InChI is InChI=1S/C26H44O6/c1-22(2,3)24(7,23(4,5)6)21(27)32-26(31-20-11-9-15-29-20)16-18-12-13-25(18,17-26)30-19-10-8-14-28-19/h18-20H,8-17H2,1-7H3. The molecule has 0 aromatic heterocycles. The van der Waals surface area contributed by atoms with Crippen molar-refractivity contribution in [1.29, 1.82) is 0 Å². The van der Waals surface area contributed by atoms with Crippen molar-refractivity contribution in [2.45, 2.75) is 124 Å². The van der Waals surface area contributed by atoms with E-state index in [1.165, 1.54) is 0 Å². The molecule has 5 unspecified atom stereocenters. The highest BCUT2D eigenvalue weighted by molar-refractivity contribution is 5.79. The molecule has 2 aliphatic carbocycles. The second kappa shape index (κ2) is 8.21. The summed E-state index contributed by atoms with van der Waals surface area (Å²) in [4.78, 5) is 14.0. The predicted molar refractivity (Wildman–Crippen MR) is 121 cm³/mol. The highest BCUT2D eigenvalue weighted by Gasteiger charge is 2.66. The number of carbonyl (C=O) groups is 1. The van der Waals surface area contributed by atoms with Crippen LogP contribution in [-0.2, 0) is 28.5 Å². The number of hydrogen-bond donors (Lipinski definition) is 0. The zero-order valence-electron chi connectivity index (χ0n) is 21.3. The van der Waals surface area contributed by atoms with Gasteiger partial charge in [0.15, 0.2) is 12.6 Å². The van der Waals surface area contributed by atoms with Crippen LogP contribution in [0.4, 0.5) is 0 Å². The van der Waals surface area contributed by atoms with E-state index in [1.54, 1.807) is 0 Å². The van der Waals surface area contributed by atoms with Crippen molar-refractivity contribution in [2.24, 2.45) is 22.2 Å². The highest BCUT2D eigenvalue weighted by atomic mass is 16.8. The van der Waals surface area contributed by atoms with Gasteiger partial charge in [-0.15, -0.1) is 0 Å². The summed E-state index contributed by atoms with van der Waals surface area (Å²) in [5.74, 6) is -0.885. The summed E-state index contributed by atoms with van der Waals surface area (Å²) in [6, 6.07) is 0. The smallest absolute Gasteiger partial charge is 0.315 e. The van der Waals surface area contributed by atoms with Crippen LogP contribution >= 0.6 is 0 Å². The molecule has 0 aromatic rings. The lowest BCUT2D eigenvalue weighted by atomic mass is 9.55. The van der Waals surface area contributed by atoms with Crippen molar-refractivity contribution in [3.05, 3.63) is 0 Å². The van der Waals surface area contributed by atoms with Gasteiger partial charge in [0, 0.05) is 38.9 Å². The monoisotopic (exact) mass is 452 g/mol. The summed E-state index contributed by atoms with van der Waals surface area (Å²) in [6.45, 7) is 16.2. The molecule has 4 rings (SSSR count). The summed E-state index contributed by atoms with van der Waals surface area (Å²) in [5.41, 5.74) is -1.58. The molecule has 6 nitrogen and oxygen atoms in total. The van der Waals surface area contributed by atoms with E-state index in [0.717, 1.165) is 45.1 Å². The molecule has 5 atom stereocenters. The largest absolute Gasteiger partial charge is 0.432 e. The molecule has 0 aromatic carbocycles. The average molecular weight is 453 g/mol. The van der Waals surface area contributed by atoms with Gasteiger partial charge in [0.25, 0.3) is 0 Å². The van der Waals surface area contributed by atoms with Gasteiger partial charge in [-0.05, 0) is 49.4 Å². The minimum absolute atomic E-state index is 0.151. The van der Waals surface area contributed by atoms with Crippen molar-refractivity contribution >= 4 is 5.97 Å². The van der Waals surface area contributed by atoms with Gasteiger partial charge >= 0.3 is 5.97 Å². The van der Waals surface area contributed by atoms with E-state index in [9.17, 15) is 4.79 Å². The summed E-state index contributed by atoms with van der Waals surface area (Å²) < 4.78 is 31.2. The normalized spacial score (nSPS) is 37.9. The highest BCUT2D eigenvalue weighted by Crippen LogP contribution is 2.61. The van der Waals surface area contributed by atoms with Crippen LogP contribution in [-0.4, -0.2) is 43.2 Å². The van der Waals surface area contributed by atoms with E-state index in [4.69, 9.17) is 23.7 Å². The van der Waals surface area contributed by atoms with Gasteiger partial charge in [0.2, 0.25) is 5.79 Å². The number of esters is 1. The first-order valence-corrected chi connectivity index (χ1v) is 12.6. The lowest BCUT2D eigenvalue weighted by Crippen LogP contribution is -2.54. The summed E-state index contributed by atoms with van der Waals surface area (Å²) >= 11 is 0. The molecule has 4 aliphatic rings. The van der Waals surface area contributed by atoms with Gasteiger partial charge in [-0.3, -0.25) is 4.79 Å². The molecule has 2 heterocycles. The summed E-state index contributed by atoms with van der Waals surface area (Å²) in [6.07, 6.45) is 6.54. The minimum Gasteiger partial charge on any atom is -0.432 e. The fourth-order valence-electron chi connectivity index (χ4n) is 6.27. The molecule has 32 heavy (non-hydrogen) atoms. The molecular formula is C26H44O6. The third-order valence-corrected chi connectivity index (χ3v) is 8.96. The Morgan fingerprint density at radius 3 is 1.84 bits per heavy atom. The Morgan fingerprint density at radius 2 is 1.41 bits per heavy atom. The van der Waals surface area contributed by atoms with Gasteiger partial charge in [-0.1, -0.05) is 41.5 Å². The van der Waals surface area contributed by atoms with Gasteiger partial charge in [-0.2, -0.15) is 0 Å². The van der Waals surface area contributed by atoms with Crippen LogP contribution in [0.3, 0.4) is 0 Å². The molecule has 2 saturated carbocycles. The maximum atomic E-state index is 14.0. The van der Waals surface area contributed by atoms with Gasteiger partial charge in [-0.25, -0.2) is 0 Å². The minimum atomic E-state index is -1.01. The van der Waals surface area contributed by atoms with E-state index in [2.05, 4.69) is 41.5 Å². The summed E-state index contributed by atoms with van der Waals surface area (Å²) in [5, 5.41) is 0. The van der Waals surface area contributed by atoms with Gasteiger partial charge in [0.05, 0.1) is 11.0 Å². The van der Waals surface area contributed by atoms with Crippen LogP contribution in [0.5, 0.6) is 0 Å². The predicted octanol–water partition coefficient (Wildman–Crippen LogP) is 5.57. The van der Waals surface area contributed by atoms with Crippen LogP contribution in [0.1, 0.15) is 99.8 Å². The number of fused-ring (bicyclic) bond motifs is 1. The number of hydrogen-bond acceptors (Lipinski definition) is 6. The molecule has 2 aliphatic heterocycles. The molecule has 184 valence electrons. The van der Waals surface area contributed by atoms with Crippen molar-refractivity contribution in [2.75, 3.05) is 13.2 Å². The Balaban J connectivity index is 1.60. The Morgan fingerprint density at radius 1 is 0.844 bits per heavy atom. The number of rotatable bonds is 6. The number of ether oxygens (including phenoxy) is 5. The lowest BCUT2D eigenvalue weighted by Gasteiger charge is -2.50. The molecule has 0 amide bonds. The second-order valence-electron chi connectivity index (χ2n) is 12.7. The fraction of sp³-hybridized carbons (Fsp3) is 0.962. The molecule has 6 heteroatoms. The number of carbonyl (C=O) groups excluding carboxylic acids is 1. The van der Waals surface area contributed by atoms with E-state index in [-0.39, 0.29) is 35.0 Å². The van der Waals surface area contributed by atoms with Crippen LogP contribution < -0.4 is 0 Å². The van der Waals surface area contributed by atoms with Crippen LogP contribution in [0.2, 0.25) is 0 Å². The Bertz CT molecular complexity index is 680. The molecule has 4 fully saturated rings. The lowest BCUT2D eigenvalue weighted by molar-refractivity contribution is -0.301. The van der Waals surface area contributed by atoms with Crippen molar-refractivity contribution in [3.8, 4) is 0 Å². The third-order valence-electron chi connectivity index (χ3n) is 8.96. The molecule has 0 radical (unpaired) electrons. The molecule has 0 bridgehead atoms. The van der Waals surface area contributed by atoms with E-state index < -0.39 is 11.2 Å². The second-order valence-corrected chi connectivity index (χ2v) is 12.7. The average Bonchev–Trinajstić information content (AvgIpc) is 3.39. The van der Waals surface area contributed by atoms with Crippen molar-refractivity contribution < 1.29 is 28.5 Å².